The lowest BCUT2D eigenvalue weighted by Gasteiger charge is -2.08. The first-order valence-electron chi connectivity index (χ1n) is 7.22. The molecule has 3 heteroatoms. The highest BCUT2D eigenvalue weighted by atomic mass is 19.1. The first-order valence-corrected chi connectivity index (χ1v) is 7.22. The number of carbonyl (C=O) groups excluding carboxylic acids is 1. The minimum absolute atomic E-state index is 0.0516. The van der Waals surface area contributed by atoms with Crippen molar-refractivity contribution >= 4 is 11.6 Å². The lowest BCUT2D eigenvalue weighted by molar-refractivity contribution is -0.116. The van der Waals surface area contributed by atoms with E-state index in [9.17, 15) is 9.18 Å². The van der Waals surface area contributed by atoms with Crippen LogP contribution in [0.5, 0.6) is 0 Å². The van der Waals surface area contributed by atoms with Crippen LogP contribution in [-0.2, 0) is 17.6 Å². The van der Waals surface area contributed by atoms with Gasteiger partial charge in [0.2, 0.25) is 5.91 Å². The number of hydrogen-bond acceptors (Lipinski definition) is 1. The Hall–Kier alpha value is -2.16. The summed E-state index contributed by atoms with van der Waals surface area (Å²) in [4.78, 5) is 11.9. The van der Waals surface area contributed by atoms with Gasteiger partial charge in [0.1, 0.15) is 5.82 Å². The number of anilines is 1. The molecule has 0 saturated heterocycles. The Kier molecular flexibility index (Phi) is 5.09. The average molecular weight is 285 g/mol. The minimum atomic E-state index is -0.290. The van der Waals surface area contributed by atoms with Gasteiger partial charge in [0.15, 0.2) is 0 Å². The molecule has 2 aromatic rings. The van der Waals surface area contributed by atoms with Crippen molar-refractivity contribution in [3.05, 3.63) is 65.0 Å². The van der Waals surface area contributed by atoms with E-state index in [4.69, 9.17) is 0 Å². The standard InChI is InChI=1S/C18H20FNO/c1-3-14-4-6-15(7-5-14)8-11-18(21)20-17-10-9-16(19)12-13(17)2/h4-7,9-10,12H,3,8,11H2,1-2H3,(H,20,21). The van der Waals surface area contributed by atoms with E-state index in [1.807, 2.05) is 0 Å². The van der Waals surface area contributed by atoms with Crippen LogP contribution in [0, 0.1) is 12.7 Å². The van der Waals surface area contributed by atoms with Crippen molar-refractivity contribution < 1.29 is 9.18 Å². The molecule has 2 aromatic carbocycles. The molecule has 0 fully saturated rings. The Morgan fingerprint density at radius 1 is 1.10 bits per heavy atom. The van der Waals surface area contributed by atoms with E-state index in [0.29, 0.717) is 18.5 Å². The Morgan fingerprint density at radius 2 is 1.76 bits per heavy atom. The van der Waals surface area contributed by atoms with E-state index in [2.05, 4.69) is 36.5 Å². The molecule has 0 aliphatic rings. The number of hydrogen-bond donors (Lipinski definition) is 1. The molecule has 0 saturated carbocycles. The third-order valence-corrected chi connectivity index (χ3v) is 3.53. The van der Waals surface area contributed by atoms with E-state index in [0.717, 1.165) is 17.5 Å². The van der Waals surface area contributed by atoms with Gasteiger partial charge in [-0.3, -0.25) is 4.79 Å². The fraction of sp³-hybridized carbons (Fsp3) is 0.278. The molecule has 0 aromatic heterocycles. The van der Waals surface area contributed by atoms with Gasteiger partial charge >= 0.3 is 0 Å². The predicted molar refractivity (Wildman–Crippen MR) is 83.9 cm³/mol. The normalized spacial score (nSPS) is 10.4. The molecule has 2 rings (SSSR count). The summed E-state index contributed by atoms with van der Waals surface area (Å²) < 4.78 is 13.0. The Balaban J connectivity index is 1.89. The second kappa shape index (κ2) is 7.02. The van der Waals surface area contributed by atoms with E-state index in [1.165, 1.54) is 17.7 Å². The fourth-order valence-electron chi connectivity index (χ4n) is 2.18. The number of aryl methyl sites for hydroxylation is 3. The fourth-order valence-corrected chi connectivity index (χ4v) is 2.18. The highest BCUT2D eigenvalue weighted by Crippen LogP contribution is 2.16. The Bertz CT molecular complexity index is 620. The molecule has 0 aliphatic heterocycles. The molecular formula is C18H20FNO. The summed E-state index contributed by atoms with van der Waals surface area (Å²) >= 11 is 0. The minimum Gasteiger partial charge on any atom is -0.326 e. The number of benzene rings is 2. The van der Waals surface area contributed by atoms with Crippen LogP contribution < -0.4 is 5.32 Å². The molecule has 110 valence electrons. The van der Waals surface area contributed by atoms with Gasteiger partial charge in [-0.15, -0.1) is 0 Å². The first kappa shape index (κ1) is 15.2. The smallest absolute Gasteiger partial charge is 0.224 e. The maximum Gasteiger partial charge on any atom is 0.224 e. The molecule has 0 unspecified atom stereocenters. The summed E-state index contributed by atoms with van der Waals surface area (Å²) in [5, 5.41) is 2.82. The SMILES string of the molecule is CCc1ccc(CCC(=O)Nc2ccc(F)cc2C)cc1. The van der Waals surface area contributed by atoms with Gasteiger partial charge in [-0.2, -0.15) is 0 Å². The molecule has 0 bridgehead atoms. The van der Waals surface area contributed by atoms with Gasteiger partial charge in [-0.25, -0.2) is 4.39 Å². The van der Waals surface area contributed by atoms with E-state index in [1.54, 1.807) is 13.0 Å². The van der Waals surface area contributed by atoms with Crippen LogP contribution >= 0.6 is 0 Å². The van der Waals surface area contributed by atoms with E-state index in [-0.39, 0.29) is 11.7 Å². The van der Waals surface area contributed by atoms with Gasteiger partial charge in [-0.1, -0.05) is 31.2 Å². The quantitative estimate of drug-likeness (QED) is 0.873. The summed E-state index contributed by atoms with van der Waals surface area (Å²) in [6.45, 7) is 3.90. The van der Waals surface area contributed by atoms with Crippen LogP contribution in [0.2, 0.25) is 0 Å². The monoisotopic (exact) mass is 285 g/mol. The maximum absolute atomic E-state index is 13.0. The van der Waals surface area contributed by atoms with Gasteiger partial charge in [-0.05, 0) is 54.7 Å². The molecule has 21 heavy (non-hydrogen) atoms. The summed E-state index contributed by atoms with van der Waals surface area (Å²) in [6, 6.07) is 12.7. The van der Waals surface area contributed by atoms with Crippen molar-refractivity contribution in [3.8, 4) is 0 Å². The number of amides is 1. The van der Waals surface area contributed by atoms with E-state index >= 15 is 0 Å². The lowest BCUT2D eigenvalue weighted by Crippen LogP contribution is -2.13. The largest absolute Gasteiger partial charge is 0.326 e. The summed E-state index contributed by atoms with van der Waals surface area (Å²) in [7, 11) is 0. The van der Waals surface area contributed by atoms with Crippen LogP contribution in [0.1, 0.15) is 30.0 Å². The molecule has 0 spiro atoms. The van der Waals surface area contributed by atoms with E-state index < -0.39 is 0 Å². The van der Waals surface area contributed by atoms with Crippen LogP contribution in [0.4, 0.5) is 10.1 Å². The zero-order valence-electron chi connectivity index (χ0n) is 12.4. The molecule has 1 N–H and O–H groups in total. The summed E-state index contributed by atoms with van der Waals surface area (Å²) in [6.07, 6.45) is 2.14. The molecule has 0 radical (unpaired) electrons. The molecule has 0 aliphatic carbocycles. The summed E-state index contributed by atoms with van der Waals surface area (Å²) in [5.74, 6) is -0.342. The van der Waals surface area contributed by atoms with Crippen molar-refractivity contribution in [1.29, 1.82) is 0 Å². The number of halogens is 1. The second-order valence-corrected chi connectivity index (χ2v) is 5.18. The Labute approximate surface area is 125 Å². The van der Waals surface area contributed by atoms with Crippen LogP contribution in [0.15, 0.2) is 42.5 Å². The zero-order valence-corrected chi connectivity index (χ0v) is 12.4. The van der Waals surface area contributed by atoms with Gasteiger partial charge in [0.05, 0.1) is 0 Å². The van der Waals surface area contributed by atoms with Crippen molar-refractivity contribution in [2.45, 2.75) is 33.1 Å². The number of rotatable bonds is 5. The third-order valence-electron chi connectivity index (χ3n) is 3.53. The number of nitrogens with one attached hydrogen (secondary N) is 1. The van der Waals surface area contributed by atoms with Crippen molar-refractivity contribution in [2.24, 2.45) is 0 Å². The molecular weight excluding hydrogens is 265 g/mol. The highest BCUT2D eigenvalue weighted by Gasteiger charge is 2.06. The van der Waals surface area contributed by atoms with Crippen LogP contribution in [-0.4, -0.2) is 5.91 Å². The molecule has 0 atom stereocenters. The topological polar surface area (TPSA) is 29.1 Å². The van der Waals surface area contributed by atoms with Gasteiger partial charge < -0.3 is 5.32 Å². The maximum atomic E-state index is 13.0. The van der Waals surface area contributed by atoms with Crippen LogP contribution in [0.3, 0.4) is 0 Å². The Morgan fingerprint density at radius 3 is 2.38 bits per heavy atom. The lowest BCUT2D eigenvalue weighted by atomic mass is 10.1. The average Bonchev–Trinajstić information content (AvgIpc) is 2.48. The zero-order chi connectivity index (χ0) is 15.2. The second-order valence-electron chi connectivity index (χ2n) is 5.18. The third kappa shape index (κ3) is 4.42. The molecule has 0 heterocycles. The van der Waals surface area contributed by atoms with Crippen LogP contribution in [0.25, 0.3) is 0 Å². The van der Waals surface area contributed by atoms with Gasteiger partial charge in [0.25, 0.3) is 0 Å². The molecule has 1 amide bonds. The summed E-state index contributed by atoms with van der Waals surface area (Å²) in [5.41, 5.74) is 3.85. The number of carbonyl (C=O) groups is 1. The highest BCUT2D eigenvalue weighted by molar-refractivity contribution is 5.91. The van der Waals surface area contributed by atoms with Crippen molar-refractivity contribution in [2.75, 3.05) is 5.32 Å². The van der Waals surface area contributed by atoms with Crippen molar-refractivity contribution in [1.82, 2.24) is 0 Å². The van der Waals surface area contributed by atoms with Crippen molar-refractivity contribution in [3.63, 3.8) is 0 Å². The first-order chi connectivity index (χ1) is 10.1. The van der Waals surface area contributed by atoms with Gasteiger partial charge in [0, 0.05) is 12.1 Å². The predicted octanol–water partition coefficient (Wildman–Crippen LogP) is 4.27. The molecule has 2 nitrogen and oxygen atoms in total.